The standard InChI is InChI=1S/C15H18N2O3S/c1-2-6-11(15(19)20)16-13(18)12-9-21-14(17-12)10-7-4-3-5-8-10/h3-5,7-8,11-12H,2,6,9H2,1H3,(H,16,18)(H,19,20)/t11-,12?/m0/s1. The fourth-order valence-electron chi connectivity index (χ4n) is 2.06. The van der Waals surface area contributed by atoms with Crippen LogP contribution in [-0.2, 0) is 9.59 Å². The molecule has 21 heavy (non-hydrogen) atoms. The summed E-state index contributed by atoms with van der Waals surface area (Å²) in [6.07, 6.45) is 1.13. The van der Waals surface area contributed by atoms with Gasteiger partial charge in [0.15, 0.2) is 0 Å². The van der Waals surface area contributed by atoms with E-state index in [1.165, 1.54) is 11.8 Å². The number of carboxylic acids is 1. The Labute approximate surface area is 127 Å². The van der Waals surface area contributed by atoms with Crippen molar-refractivity contribution in [1.29, 1.82) is 0 Å². The van der Waals surface area contributed by atoms with Crippen LogP contribution in [0, 0.1) is 0 Å². The highest BCUT2D eigenvalue weighted by atomic mass is 32.2. The lowest BCUT2D eigenvalue weighted by Gasteiger charge is -2.15. The average molecular weight is 306 g/mol. The number of aliphatic imine (C=N–C) groups is 1. The molecule has 1 aliphatic rings. The lowest BCUT2D eigenvalue weighted by Crippen LogP contribution is -2.45. The third-order valence-corrected chi connectivity index (χ3v) is 4.26. The third kappa shape index (κ3) is 4.07. The van der Waals surface area contributed by atoms with Gasteiger partial charge in [0.05, 0.1) is 5.04 Å². The Bertz CT molecular complexity index is 545. The molecule has 112 valence electrons. The van der Waals surface area contributed by atoms with Crippen molar-refractivity contribution in [1.82, 2.24) is 5.32 Å². The van der Waals surface area contributed by atoms with E-state index in [1.807, 2.05) is 37.3 Å². The van der Waals surface area contributed by atoms with Gasteiger partial charge in [-0.25, -0.2) is 4.79 Å². The molecule has 6 heteroatoms. The van der Waals surface area contributed by atoms with Crippen LogP contribution in [0.25, 0.3) is 0 Å². The van der Waals surface area contributed by atoms with E-state index in [4.69, 9.17) is 5.11 Å². The SMILES string of the molecule is CCC[C@H](NC(=O)C1CSC(c2ccccc2)=N1)C(=O)O. The van der Waals surface area contributed by atoms with Gasteiger partial charge in [-0.3, -0.25) is 9.79 Å². The Hall–Kier alpha value is -1.82. The molecule has 0 aliphatic carbocycles. The molecule has 2 rings (SSSR count). The van der Waals surface area contributed by atoms with Crippen molar-refractivity contribution in [2.75, 3.05) is 5.75 Å². The summed E-state index contributed by atoms with van der Waals surface area (Å²) in [6.45, 7) is 1.89. The van der Waals surface area contributed by atoms with Crippen LogP contribution in [-0.4, -0.2) is 39.9 Å². The van der Waals surface area contributed by atoms with Crippen LogP contribution in [0.4, 0.5) is 0 Å². The van der Waals surface area contributed by atoms with E-state index >= 15 is 0 Å². The lowest BCUT2D eigenvalue weighted by atomic mass is 10.1. The maximum absolute atomic E-state index is 12.1. The molecular weight excluding hydrogens is 288 g/mol. The number of hydrogen-bond donors (Lipinski definition) is 2. The normalized spacial score (nSPS) is 18.9. The molecule has 1 heterocycles. The highest BCUT2D eigenvalue weighted by molar-refractivity contribution is 8.14. The Morgan fingerprint density at radius 3 is 2.76 bits per heavy atom. The summed E-state index contributed by atoms with van der Waals surface area (Å²) < 4.78 is 0. The fraction of sp³-hybridized carbons (Fsp3) is 0.400. The number of thioether (sulfide) groups is 1. The number of hydrogen-bond acceptors (Lipinski definition) is 4. The summed E-state index contributed by atoms with van der Waals surface area (Å²) in [5.41, 5.74) is 0.987. The van der Waals surface area contributed by atoms with Crippen molar-refractivity contribution in [3.8, 4) is 0 Å². The number of amides is 1. The zero-order valence-electron chi connectivity index (χ0n) is 11.8. The van der Waals surface area contributed by atoms with Gasteiger partial charge in [0.2, 0.25) is 5.91 Å². The first-order chi connectivity index (χ1) is 10.1. The van der Waals surface area contributed by atoms with E-state index in [1.54, 1.807) is 0 Å². The second kappa shape index (κ2) is 7.26. The van der Waals surface area contributed by atoms with Gasteiger partial charge in [-0.1, -0.05) is 43.7 Å². The zero-order valence-corrected chi connectivity index (χ0v) is 12.6. The quantitative estimate of drug-likeness (QED) is 0.841. The Balaban J connectivity index is 2.01. The molecule has 2 N–H and O–H groups in total. The van der Waals surface area contributed by atoms with Crippen LogP contribution >= 0.6 is 11.8 Å². The first-order valence-electron chi connectivity index (χ1n) is 6.91. The molecule has 1 aromatic carbocycles. The third-order valence-electron chi connectivity index (χ3n) is 3.17. The van der Waals surface area contributed by atoms with Gasteiger partial charge < -0.3 is 10.4 Å². The van der Waals surface area contributed by atoms with E-state index in [-0.39, 0.29) is 5.91 Å². The number of rotatable bonds is 6. The number of nitrogens with one attached hydrogen (secondary N) is 1. The number of nitrogens with zero attached hydrogens (tertiary/aromatic N) is 1. The number of benzene rings is 1. The smallest absolute Gasteiger partial charge is 0.326 e. The molecule has 0 aromatic heterocycles. The summed E-state index contributed by atoms with van der Waals surface area (Å²) in [7, 11) is 0. The molecule has 0 saturated carbocycles. The highest BCUT2D eigenvalue weighted by Crippen LogP contribution is 2.23. The van der Waals surface area contributed by atoms with Crippen LogP contribution in [0.5, 0.6) is 0 Å². The average Bonchev–Trinajstić information content (AvgIpc) is 2.97. The summed E-state index contributed by atoms with van der Waals surface area (Å²) in [5.74, 6) is -0.758. The molecule has 0 spiro atoms. The van der Waals surface area contributed by atoms with Crippen LogP contribution in [0.2, 0.25) is 0 Å². The second-order valence-electron chi connectivity index (χ2n) is 4.82. The molecule has 1 amide bonds. The first kappa shape index (κ1) is 15.6. The Morgan fingerprint density at radius 2 is 2.14 bits per heavy atom. The minimum atomic E-state index is -0.997. The van der Waals surface area contributed by atoms with Crippen LogP contribution in [0.3, 0.4) is 0 Å². The van der Waals surface area contributed by atoms with Crippen molar-refractivity contribution in [2.45, 2.75) is 31.8 Å². The number of carbonyl (C=O) groups excluding carboxylic acids is 1. The van der Waals surface area contributed by atoms with Gasteiger partial charge in [0, 0.05) is 11.3 Å². The van der Waals surface area contributed by atoms with Gasteiger partial charge in [-0.15, -0.1) is 11.8 Å². The second-order valence-corrected chi connectivity index (χ2v) is 5.82. The van der Waals surface area contributed by atoms with Gasteiger partial charge in [-0.2, -0.15) is 0 Å². The molecule has 0 radical (unpaired) electrons. The lowest BCUT2D eigenvalue weighted by molar-refractivity contribution is -0.142. The van der Waals surface area contributed by atoms with E-state index in [0.29, 0.717) is 18.6 Å². The molecule has 1 unspecified atom stereocenters. The summed E-state index contributed by atoms with van der Waals surface area (Å²) in [5, 5.41) is 12.5. The summed E-state index contributed by atoms with van der Waals surface area (Å²) >= 11 is 1.52. The minimum Gasteiger partial charge on any atom is -0.480 e. The van der Waals surface area contributed by atoms with Crippen molar-refractivity contribution in [2.24, 2.45) is 4.99 Å². The van der Waals surface area contributed by atoms with E-state index in [9.17, 15) is 9.59 Å². The highest BCUT2D eigenvalue weighted by Gasteiger charge is 2.28. The summed E-state index contributed by atoms with van der Waals surface area (Å²) in [6, 6.07) is 8.33. The Morgan fingerprint density at radius 1 is 1.43 bits per heavy atom. The van der Waals surface area contributed by atoms with Crippen LogP contribution in [0.1, 0.15) is 25.3 Å². The molecular formula is C15H18N2O3S. The van der Waals surface area contributed by atoms with Crippen molar-refractivity contribution < 1.29 is 14.7 Å². The van der Waals surface area contributed by atoms with Gasteiger partial charge in [0.1, 0.15) is 12.1 Å². The number of carboxylic acid groups (broad SMARTS) is 1. The van der Waals surface area contributed by atoms with Crippen molar-refractivity contribution in [3.05, 3.63) is 35.9 Å². The molecule has 2 atom stereocenters. The predicted octanol–water partition coefficient (Wildman–Crippen LogP) is 1.92. The van der Waals surface area contributed by atoms with Gasteiger partial charge in [0.25, 0.3) is 0 Å². The molecule has 1 aromatic rings. The van der Waals surface area contributed by atoms with Gasteiger partial charge in [-0.05, 0) is 6.42 Å². The van der Waals surface area contributed by atoms with E-state index in [2.05, 4.69) is 10.3 Å². The van der Waals surface area contributed by atoms with Gasteiger partial charge >= 0.3 is 5.97 Å². The molecule has 0 bridgehead atoms. The maximum atomic E-state index is 12.1. The zero-order chi connectivity index (χ0) is 15.2. The topological polar surface area (TPSA) is 78.8 Å². The minimum absolute atomic E-state index is 0.311. The number of carbonyl (C=O) groups is 2. The van der Waals surface area contributed by atoms with E-state index < -0.39 is 18.1 Å². The molecule has 5 nitrogen and oxygen atoms in total. The fourth-order valence-corrected chi connectivity index (χ4v) is 3.11. The predicted molar refractivity (Wildman–Crippen MR) is 83.7 cm³/mol. The van der Waals surface area contributed by atoms with Crippen molar-refractivity contribution >= 4 is 28.7 Å². The first-order valence-corrected chi connectivity index (χ1v) is 7.89. The summed E-state index contributed by atoms with van der Waals surface area (Å²) in [4.78, 5) is 27.6. The molecule has 1 aliphatic heterocycles. The number of aliphatic carboxylic acids is 1. The van der Waals surface area contributed by atoms with E-state index in [0.717, 1.165) is 10.6 Å². The van der Waals surface area contributed by atoms with Crippen LogP contribution < -0.4 is 5.32 Å². The monoisotopic (exact) mass is 306 g/mol. The Kier molecular flexibility index (Phi) is 5.38. The van der Waals surface area contributed by atoms with Crippen LogP contribution in [0.15, 0.2) is 35.3 Å². The largest absolute Gasteiger partial charge is 0.480 e. The molecule has 0 saturated heterocycles. The van der Waals surface area contributed by atoms with Crippen molar-refractivity contribution in [3.63, 3.8) is 0 Å². The molecule has 0 fully saturated rings. The maximum Gasteiger partial charge on any atom is 0.326 e.